The van der Waals surface area contributed by atoms with Crippen molar-refractivity contribution >= 4 is 34.6 Å². The van der Waals surface area contributed by atoms with Crippen LogP contribution in [0.5, 0.6) is 0 Å². The molecule has 6 nitrogen and oxygen atoms in total. The van der Waals surface area contributed by atoms with Crippen LogP contribution in [0.1, 0.15) is 74.6 Å². The molecule has 1 amide bonds. The maximum absolute atomic E-state index is 12.3. The first kappa shape index (κ1) is 23.5. The highest BCUT2D eigenvalue weighted by Crippen LogP contribution is 2.44. The molecule has 2 atom stereocenters. The summed E-state index contributed by atoms with van der Waals surface area (Å²) in [6.45, 7) is 5.82. The quantitative estimate of drug-likeness (QED) is 0.413. The van der Waals surface area contributed by atoms with Gasteiger partial charge in [0.05, 0.1) is 11.7 Å². The summed E-state index contributed by atoms with van der Waals surface area (Å²) in [7, 11) is 0. The second kappa shape index (κ2) is 9.82. The van der Waals surface area contributed by atoms with E-state index in [0.717, 1.165) is 22.6 Å². The molecular formula is C28H33N5OS. The maximum Gasteiger partial charge on any atom is 0.226 e. The van der Waals surface area contributed by atoms with Gasteiger partial charge in [-0.25, -0.2) is 0 Å². The lowest BCUT2D eigenvalue weighted by Gasteiger charge is -2.30. The lowest BCUT2D eigenvalue weighted by molar-refractivity contribution is -0.118. The fourth-order valence-corrected chi connectivity index (χ4v) is 5.67. The van der Waals surface area contributed by atoms with Crippen molar-refractivity contribution in [3.8, 4) is 0 Å². The van der Waals surface area contributed by atoms with E-state index in [0.29, 0.717) is 11.2 Å². The molecule has 1 aromatic carbocycles. The summed E-state index contributed by atoms with van der Waals surface area (Å²) in [5, 5.41) is 7.29. The van der Waals surface area contributed by atoms with E-state index in [1.165, 1.54) is 31.4 Å². The predicted octanol–water partition coefficient (Wildman–Crippen LogP) is 6.08. The summed E-state index contributed by atoms with van der Waals surface area (Å²) in [5.74, 6) is -0.0574. The van der Waals surface area contributed by atoms with Crippen LogP contribution in [0.4, 0.5) is 11.4 Å². The highest BCUT2D eigenvalue weighted by Gasteiger charge is 2.42. The molecule has 3 aromatic rings. The number of amides is 1. The van der Waals surface area contributed by atoms with Gasteiger partial charge in [0, 0.05) is 41.4 Å². The van der Waals surface area contributed by atoms with Gasteiger partial charge in [0.25, 0.3) is 0 Å². The number of rotatable bonds is 6. The molecule has 7 heteroatoms. The average Bonchev–Trinajstić information content (AvgIpc) is 3.60. The zero-order valence-corrected chi connectivity index (χ0v) is 21.4. The normalized spacial score (nSPS) is 20.5. The molecule has 2 aliphatic rings. The molecule has 1 saturated carbocycles. The number of hydrogen-bond donors (Lipinski definition) is 2. The number of hydrogen-bond acceptors (Lipinski definition) is 3. The smallest absolute Gasteiger partial charge is 0.226 e. The van der Waals surface area contributed by atoms with Crippen LogP contribution >= 0.6 is 12.2 Å². The Balaban J connectivity index is 1.56. The van der Waals surface area contributed by atoms with E-state index in [1.807, 2.05) is 51.2 Å². The van der Waals surface area contributed by atoms with Crippen molar-refractivity contribution in [3.63, 3.8) is 0 Å². The number of carbonyl (C=O) groups is 1. The van der Waals surface area contributed by atoms with Crippen LogP contribution < -0.4 is 15.5 Å². The number of carbonyl (C=O) groups excluding carboxylic acids is 1. The standard InChI is InChI=1S/C28H33N5OS/c1-18(2)27(34)30-22-14-13-21(17-19(22)3)33-26(24-12-8-16-32(24)20-9-4-5-10-20)25(31-28(33)35)23-11-6-7-15-29-23/h6-8,11-18,20,25-26H,4-5,9-10H2,1-3H3,(H,30,34)(H,31,35)/t25-,26-/m1/s1. The Morgan fingerprint density at radius 1 is 1.14 bits per heavy atom. The molecule has 3 heterocycles. The van der Waals surface area contributed by atoms with Gasteiger partial charge in [0.2, 0.25) is 5.91 Å². The fourth-order valence-electron chi connectivity index (χ4n) is 5.32. The van der Waals surface area contributed by atoms with Gasteiger partial charge in [0.1, 0.15) is 6.04 Å². The first-order valence-corrected chi connectivity index (χ1v) is 12.9. The molecule has 2 fully saturated rings. The maximum atomic E-state index is 12.3. The number of benzene rings is 1. The van der Waals surface area contributed by atoms with E-state index in [2.05, 4.69) is 55.5 Å². The van der Waals surface area contributed by atoms with E-state index in [1.54, 1.807) is 0 Å². The number of thiocarbonyl (C=S) groups is 1. The molecule has 182 valence electrons. The third kappa shape index (κ3) is 4.57. The molecule has 0 bridgehead atoms. The van der Waals surface area contributed by atoms with E-state index in [4.69, 9.17) is 12.2 Å². The summed E-state index contributed by atoms with van der Waals surface area (Å²) >= 11 is 5.92. The van der Waals surface area contributed by atoms with Gasteiger partial charge in [-0.2, -0.15) is 0 Å². The molecule has 0 spiro atoms. The molecule has 1 aliphatic carbocycles. The van der Waals surface area contributed by atoms with Gasteiger partial charge >= 0.3 is 0 Å². The Kier molecular flexibility index (Phi) is 6.60. The lowest BCUT2D eigenvalue weighted by Crippen LogP contribution is -2.31. The van der Waals surface area contributed by atoms with Gasteiger partial charge in [-0.3, -0.25) is 9.78 Å². The highest BCUT2D eigenvalue weighted by atomic mass is 32.1. The molecular weight excluding hydrogens is 454 g/mol. The molecule has 2 aromatic heterocycles. The van der Waals surface area contributed by atoms with Crippen LogP contribution in [-0.2, 0) is 4.79 Å². The molecule has 0 radical (unpaired) electrons. The van der Waals surface area contributed by atoms with Crippen molar-refractivity contribution in [1.82, 2.24) is 14.9 Å². The number of nitrogens with zero attached hydrogens (tertiary/aromatic N) is 3. The molecule has 2 N–H and O–H groups in total. The minimum absolute atomic E-state index is 0.0155. The lowest BCUT2D eigenvalue weighted by atomic mass is 10.00. The number of nitrogens with one attached hydrogen (secondary N) is 2. The Bertz CT molecular complexity index is 1220. The zero-order valence-electron chi connectivity index (χ0n) is 20.6. The highest BCUT2D eigenvalue weighted by molar-refractivity contribution is 7.80. The molecule has 1 saturated heterocycles. The number of anilines is 2. The Labute approximate surface area is 212 Å². The van der Waals surface area contributed by atoms with Crippen LogP contribution in [0.25, 0.3) is 0 Å². The number of aryl methyl sites for hydroxylation is 1. The van der Waals surface area contributed by atoms with Crippen molar-refractivity contribution in [2.24, 2.45) is 5.92 Å². The van der Waals surface area contributed by atoms with Crippen molar-refractivity contribution in [3.05, 3.63) is 77.9 Å². The Morgan fingerprint density at radius 3 is 2.63 bits per heavy atom. The molecule has 5 rings (SSSR count). The summed E-state index contributed by atoms with van der Waals surface area (Å²) in [6, 6.07) is 17.0. The van der Waals surface area contributed by atoms with E-state index in [9.17, 15) is 4.79 Å². The van der Waals surface area contributed by atoms with Crippen LogP contribution in [-0.4, -0.2) is 20.6 Å². The SMILES string of the molecule is Cc1cc(N2C(=S)N[C@H](c3ccccn3)[C@H]2c2cccn2C2CCCC2)ccc1NC(=O)C(C)C. The summed E-state index contributed by atoms with van der Waals surface area (Å²) in [5.41, 5.74) is 5.06. The predicted molar refractivity (Wildman–Crippen MR) is 145 cm³/mol. The zero-order chi connectivity index (χ0) is 24.5. The molecule has 35 heavy (non-hydrogen) atoms. The third-order valence-corrected chi connectivity index (χ3v) is 7.52. The van der Waals surface area contributed by atoms with Crippen molar-refractivity contribution in [2.75, 3.05) is 10.2 Å². The van der Waals surface area contributed by atoms with Gasteiger partial charge in [-0.15, -0.1) is 0 Å². The average molecular weight is 488 g/mol. The fraction of sp³-hybridized carbons (Fsp3) is 0.393. The van der Waals surface area contributed by atoms with Crippen LogP contribution in [0.15, 0.2) is 60.9 Å². The topological polar surface area (TPSA) is 62.2 Å². The van der Waals surface area contributed by atoms with Gasteiger partial charge < -0.3 is 20.1 Å². The van der Waals surface area contributed by atoms with E-state index >= 15 is 0 Å². The summed E-state index contributed by atoms with van der Waals surface area (Å²) < 4.78 is 2.46. The van der Waals surface area contributed by atoms with Crippen LogP contribution in [0, 0.1) is 12.8 Å². The van der Waals surface area contributed by atoms with Crippen LogP contribution in [0.2, 0.25) is 0 Å². The van der Waals surface area contributed by atoms with Crippen molar-refractivity contribution in [1.29, 1.82) is 0 Å². The monoisotopic (exact) mass is 487 g/mol. The largest absolute Gasteiger partial charge is 0.351 e. The summed E-state index contributed by atoms with van der Waals surface area (Å²) in [6.07, 6.45) is 9.04. The first-order chi connectivity index (χ1) is 16.9. The van der Waals surface area contributed by atoms with Gasteiger partial charge in [0.15, 0.2) is 5.11 Å². The van der Waals surface area contributed by atoms with Crippen molar-refractivity contribution in [2.45, 2.75) is 64.6 Å². The van der Waals surface area contributed by atoms with E-state index < -0.39 is 0 Å². The van der Waals surface area contributed by atoms with Gasteiger partial charge in [-0.1, -0.05) is 32.8 Å². The third-order valence-electron chi connectivity index (χ3n) is 7.20. The minimum Gasteiger partial charge on any atom is -0.351 e. The molecule has 0 unspecified atom stereocenters. The second-order valence-corrected chi connectivity index (χ2v) is 10.3. The Morgan fingerprint density at radius 2 is 1.94 bits per heavy atom. The number of pyridine rings is 1. The van der Waals surface area contributed by atoms with E-state index in [-0.39, 0.29) is 23.9 Å². The van der Waals surface area contributed by atoms with Crippen LogP contribution in [0.3, 0.4) is 0 Å². The summed E-state index contributed by atoms with van der Waals surface area (Å²) in [4.78, 5) is 19.2. The molecule has 1 aliphatic heterocycles. The van der Waals surface area contributed by atoms with Crippen molar-refractivity contribution < 1.29 is 4.79 Å². The van der Waals surface area contributed by atoms with Gasteiger partial charge in [-0.05, 0) is 80.0 Å². The second-order valence-electron chi connectivity index (χ2n) is 9.92. The first-order valence-electron chi connectivity index (χ1n) is 12.5. The minimum atomic E-state index is -0.0729. The number of aromatic nitrogens is 2. The Hall–Kier alpha value is -3.19.